The van der Waals surface area contributed by atoms with E-state index >= 15 is 0 Å². The van der Waals surface area contributed by atoms with E-state index in [0.717, 1.165) is 5.56 Å². The molecule has 6 nitrogen and oxygen atoms in total. The number of ether oxygens (including phenoxy) is 1. The molecule has 0 saturated carbocycles. The van der Waals surface area contributed by atoms with E-state index in [0.29, 0.717) is 13.2 Å². The maximum atomic E-state index is 11.3. The van der Waals surface area contributed by atoms with Gasteiger partial charge in [-0.05, 0) is 6.92 Å². The molecule has 0 spiro atoms. The third-order valence-corrected chi connectivity index (χ3v) is 1.89. The maximum Gasteiger partial charge on any atom is 0.246 e. The van der Waals surface area contributed by atoms with E-state index in [2.05, 4.69) is 15.5 Å². The van der Waals surface area contributed by atoms with Gasteiger partial charge in [0, 0.05) is 18.3 Å². The molecule has 0 aliphatic rings. The van der Waals surface area contributed by atoms with Gasteiger partial charge in [0.15, 0.2) is 0 Å². The van der Waals surface area contributed by atoms with Crippen LogP contribution < -0.4 is 11.1 Å². The lowest BCUT2D eigenvalue weighted by Crippen LogP contribution is -2.30. The highest BCUT2D eigenvalue weighted by Gasteiger charge is 2.09. The lowest BCUT2D eigenvalue weighted by atomic mass is 10.2. The van der Waals surface area contributed by atoms with Gasteiger partial charge in [-0.25, -0.2) is 0 Å². The summed E-state index contributed by atoms with van der Waals surface area (Å²) in [5, 5.41) is 9.27. The average molecular weight is 212 g/mol. The Kier molecular flexibility index (Phi) is 4.79. The Morgan fingerprint density at radius 2 is 2.60 bits per heavy atom. The van der Waals surface area contributed by atoms with Crippen LogP contribution in [-0.4, -0.2) is 35.9 Å². The molecule has 1 heterocycles. The largest absolute Gasteiger partial charge is 0.370 e. The minimum Gasteiger partial charge on any atom is -0.370 e. The van der Waals surface area contributed by atoms with Crippen molar-refractivity contribution in [3.8, 4) is 0 Å². The predicted octanol–water partition coefficient (Wildman–Crippen LogP) is -0.438. The zero-order valence-electron chi connectivity index (χ0n) is 8.69. The Hall–Kier alpha value is -1.40. The van der Waals surface area contributed by atoms with Crippen molar-refractivity contribution in [3.05, 3.63) is 18.0 Å². The number of aromatic amines is 1. The first-order chi connectivity index (χ1) is 7.24. The number of nitrogens with zero attached hydrogens (tertiary/aromatic N) is 1. The van der Waals surface area contributed by atoms with Crippen molar-refractivity contribution in [1.82, 2.24) is 15.5 Å². The van der Waals surface area contributed by atoms with Crippen LogP contribution in [0.5, 0.6) is 0 Å². The van der Waals surface area contributed by atoms with E-state index in [1.807, 2.05) is 6.92 Å². The summed E-state index contributed by atoms with van der Waals surface area (Å²) in [4.78, 5) is 11.3. The Labute approximate surface area is 88.2 Å². The molecule has 15 heavy (non-hydrogen) atoms. The number of aromatic nitrogens is 2. The van der Waals surface area contributed by atoms with Crippen molar-refractivity contribution < 1.29 is 9.53 Å². The van der Waals surface area contributed by atoms with Gasteiger partial charge >= 0.3 is 0 Å². The van der Waals surface area contributed by atoms with Crippen LogP contribution in [0.1, 0.15) is 18.5 Å². The molecule has 0 bridgehead atoms. The highest BCUT2D eigenvalue weighted by atomic mass is 16.5. The Bertz CT molecular complexity index is 286. The molecule has 1 aromatic heterocycles. The van der Waals surface area contributed by atoms with Crippen LogP contribution >= 0.6 is 0 Å². The molecule has 0 aliphatic carbocycles. The number of hydrogen-bond acceptors (Lipinski definition) is 4. The highest BCUT2D eigenvalue weighted by molar-refractivity contribution is 5.77. The first kappa shape index (κ1) is 11.7. The summed E-state index contributed by atoms with van der Waals surface area (Å²) in [6, 6.07) is -0.0715. The van der Waals surface area contributed by atoms with E-state index in [4.69, 9.17) is 10.5 Å². The van der Waals surface area contributed by atoms with Gasteiger partial charge in [-0.3, -0.25) is 9.89 Å². The van der Waals surface area contributed by atoms with Gasteiger partial charge in [0.2, 0.25) is 5.91 Å². The fourth-order valence-electron chi connectivity index (χ4n) is 1.11. The zero-order valence-corrected chi connectivity index (χ0v) is 8.69. The Morgan fingerprint density at radius 1 is 1.80 bits per heavy atom. The van der Waals surface area contributed by atoms with E-state index in [1.165, 1.54) is 0 Å². The third-order valence-electron chi connectivity index (χ3n) is 1.89. The number of H-pyrrole nitrogens is 1. The number of carbonyl (C=O) groups excluding carboxylic acids is 1. The minimum atomic E-state index is -0.155. The van der Waals surface area contributed by atoms with Gasteiger partial charge in [0.25, 0.3) is 0 Å². The molecule has 1 aromatic rings. The van der Waals surface area contributed by atoms with Gasteiger partial charge in [0.1, 0.15) is 6.61 Å². The molecule has 1 amide bonds. The number of nitrogens with two attached hydrogens (primary N) is 1. The second-order valence-corrected chi connectivity index (χ2v) is 3.16. The first-order valence-corrected chi connectivity index (χ1v) is 4.80. The highest BCUT2D eigenvalue weighted by Crippen LogP contribution is 2.08. The lowest BCUT2D eigenvalue weighted by Gasteiger charge is -2.11. The van der Waals surface area contributed by atoms with E-state index in [1.54, 1.807) is 12.4 Å². The monoisotopic (exact) mass is 212 g/mol. The molecule has 1 unspecified atom stereocenters. The number of nitrogens with one attached hydrogen (secondary N) is 2. The van der Waals surface area contributed by atoms with Crippen LogP contribution in [0.25, 0.3) is 0 Å². The van der Waals surface area contributed by atoms with Crippen LogP contribution in [0.2, 0.25) is 0 Å². The average Bonchev–Trinajstić information content (AvgIpc) is 2.70. The first-order valence-electron chi connectivity index (χ1n) is 4.80. The SMILES string of the molecule is CC(NC(=O)COCCN)c1cn[nH]c1. The van der Waals surface area contributed by atoms with Crippen molar-refractivity contribution in [2.75, 3.05) is 19.8 Å². The molecule has 0 aromatic carbocycles. The Morgan fingerprint density at radius 3 is 3.20 bits per heavy atom. The topological polar surface area (TPSA) is 93.0 Å². The maximum absolute atomic E-state index is 11.3. The molecular formula is C9H16N4O2. The summed E-state index contributed by atoms with van der Waals surface area (Å²) in [6.07, 6.45) is 3.41. The standard InChI is InChI=1S/C9H16N4O2/c1-7(8-4-11-12-5-8)13-9(14)6-15-3-2-10/h4-5,7H,2-3,6,10H2,1H3,(H,11,12)(H,13,14). The van der Waals surface area contributed by atoms with Gasteiger partial charge in [0.05, 0.1) is 18.8 Å². The zero-order chi connectivity index (χ0) is 11.1. The van der Waals surface area contributed by atoms with Gasteiger partial charge in [-0.2, -0.15) is 5.10 Å². The number of amides is 1. The summed E-state index contributed by atoms with van der Waals surface area (Å²) >= 11 is 0. The molecule has 1 rings (SSSR count). The summed E-state index contributed by atoms with van der Waals surface area (Å²) in [6.45, 7) is 2.74. The lowest BCUT2D eigenvalue weighted by molar-refractivity contribution is -0.126. The fourth-order valence-corrected chi connectivity index (χ4v) is 1.11. The molecule has 1 atom stereocenters. The quantitative estimate of drug-likeness (QED) is 0.557. The molecule has 6 heteroatoms. The van der Waals surface area contributed by atoms with Crippen molar-refractivity contribution in [2.24, 2.45) is 5.73 Å². The Balaban J connectivity index is 2.26. The van der Waals surface area contributed by atoms with Crippen LogP contribution in [0.15, 0.2) is 12.4 Å². The van der Waals surface area contributed by atoms with Gasteiger partial charge in [-0.1, -0.05) is 0 Å². The minimum absolute atomic E-state index is 0.0411. The fraction of sp³-hybridized carbons (Fsp3) is 0.556. The molecule has 0 saturated heterocycles. The molecule has 0 radical (unpaired) electrons. The van der Waals surface area contributed by atoms with Crippen LogP contribution in [0, 0.1) is 0 Å². The number of carbonyl (C=O) groups is 1. The smallest absolute Gasteiger partial charge is 0.246 e. The summed E-state index contributed by atoms with van der Waals surface area (Å²) in [5.74, 6) is -0.155. The number of hydrogen-bond donors (Lipinski definition) is 3. The summed E-state index contributed by atoms with van der Waals surface area (Å²) in [7, 11) is 0. The van der Waals surface area contributed by atoms with Crippen LogP contribution in [-0.2, 0) is 9.53 Å². The third kappa shape index (κ3) is 4.09. The van der Waals surface area contributed by atoms with Crippen molar-refractivity contribution >= 4 is 5.91 Å². The molecule has 0 aliphatic heterocycles. The summed E-state index contributed by atoms with van der Waals surface area (Å²) < 4.78 is 5.00. The molecular weight excluding hydrogens is 196 g/mol. The van der Waals surface area contributed by atoms with E-state index in [9.17, 15) is 4.79 Å². The second kappa shape index (κ2) is 6.15. The van der Waals surface area contributed by atoms with Crippen molar-refractivity contribution in [1.29, 1.82) is 0 Å². The van der Waals surface area contributed by atoms with Crippen LogP contribution in [0.3, 0.4) is 0 Å². The van der Waals surface area contributed by atoms with Crippen molar-refractivity contribution in [2.45, 2.75) is 13.0 Å². The van der Waals surface area contributed by atoms with Crippen molar-refractivity contribution in [3.63, 3.8) is 0 Å². The number of rotatable bonds is 6. The van der Waals surface area contributed by atoms with E-state index in [-0.39, 0.29) is 18.6 Å². The van der Waals surface area contributed by atoms with Gasteiger partial charge < -0.3 is 15.8 Å². The normalized spacial score (nSPS) is 12.4. The van der Waals surface area contributed by atoms with Gasteiger partial charge in [-0.15, -0.1) is 0 Å². The molecule has 0 fully saturated rings. The second-order valence-electron chi connectivity index (χ2n) is 3.16. The predicted molar refractivity (Wildman–Crippen MR) is 55.0 cm³/mol. The molecule has 84 valence electrons. The molecule has 4 N–H and O–H groups in total. The summed E-state index contributed by atoms with van der Waals surface area (Å²) in [5.41, 5.74) is 6.16. The van der Waals surface area contributed by atoms with Crippen LogP contribution in [0.4, 0.5) is 0 Å². The van der Waals surface area contributed by atoms with E-state index < -0.39 is 0 Å².